The number of rotatable bonds is 6. The highest BCUT2D eigenvalue weighted by Gasteiger charge is 2.44. The molecule has 3 aliphatic heterocycles. The Morgan fingerprint density at radius 1 is 1.03 bits per heavy atom. The monoisotopic (exact) mass is 499 g/mol. The van der Waals surface area contributed by atoms with Gasteiger partial charge in [-0.25, -0.2) is 0 Å². The van der Waals surface area contributed by atoms with Crippen LogP contribution in [0.2, 0.25) is 0 Å². The SMILES string of the molecule is [B]C1OCC([B])([B])N(Cc2ccc(COc3cccc4c3CN(C3CCC(=O)NC3=O)C4=O)cc2)C1([B])[B]. The van der Waals surface area contributed by atoms with E-state index in [0.717, 1.165) is 11.1 Å². The van der Waals surface area contributed by atoms with Gasteiger partial charge in [-0.1, -0.05) is 30.3 Å². The Kier molecular flexibility index (Phi) is 7.03. The molecular formula is C25H22B5N3O5. The van der Waals surface area contributed by atoms with Crippen LogP contribution in [-0.2, 0) is 34.0 Å². The van der Waals surface area contributed by atoms with Crippen molar-refractivity contribution in [2.45, 2.75) is 55.3 Å². The summed E-state index contributed by atoms with van der Waals surface area (Å²) < 4.78 is 11.4. The van der Waals surface area contributed by atoms with E-state index in [4.69, 9.17) is 48.7 Å². The summed E-state index contributed by atoms with van der Waals surface area (Å²) in [7, 11) is 30.5. The molecule has 3 aliphatic rings. The minimum atomic E-state index is -1.56. The van der Waals surface area contributed by atoms with Crippen LogP contribution in [0.3, 0.4) is 0 Å². The second-order valence-corrected chi connectivity index (χ2v) is 9.98. The smallest absolute Gasteiger partial charge is 0.255 e. The third-order valence-corrected chi connectivity index (χ3v) is 7.22. The first-order valence-corrected chi connectivity index (χ1v) is 12.2. The van der Waals surface area contributed by atoms with Crippen molar-refractivity contribution >= 4 is 57.0 Å². The molecule has 0 spiro atoms. The van der Waals surface area contributed by atoms with E-state index in [1.807, 2.05) is 24.3 Å². The maximum absolute atomic E-state index is 13.0. The molecule has 0 aromatic heterocycles. The van der Waals surface area contributed by atoms with Crippen molar-refractivity contribution in [3.8, 4) is 5.75 Å². The molecule has 3 heterocycles. The van der Waals surface area contributed by atoms with Gasteiger partial charge in [-0.2, -0.15) is 0 Å². The number of piperidine rings is 1. The molecule has 1 N–H and O–H groups in total. The molecule has 0 bridgehead atoms. The predicted molar refractivity (Wildman–Crippen MR) is 143 cm³/mol. The fraction of sp³-hybridized carbons (Fsp3) is 0.400. The second-order valence-electron chi connectivity index (χ2n) is 9.98. The lowest BCUT2D eigenvalue weighted by Gasteiger charge is -2.58. The van der Waals surface area contributed by atoms with Gasteiger partial charge >= 0.3 is 0 Å². The lowest BCUT2D eigenvalue weighted by atomic mass is 9.47. The van der Waals surface area contributed by atoms with Gasteiger partial charge in [0.1, 0.15) is 26.2 Å². The number of hydrogen-bond donors (Lipinski definition) is 1. The zero-order chi connectivity index (χ0) is 27.2. The van der Waals surface area contributed by atoms with Crippen LogP contribution >= 0.6 is 0 Å². The summed E-state index contributed by atoms with van der Waals surface area (Å²) in [5, 5.41) is -0.644. The Morgan fingerprint density at radius 2 is 1.74 bits per heavy atom. The molecule has 2 saturated heterocycles. The van der Waals surface area contributed by atoms with Gasteiger partial charge in [-0.15, -0.1) is 0 Å². The minimum absolute atomic E-state index is 0.0267. The third kappa shape index (κ3) is 4.94. The number of amides is 3. The molecule has 2 fully saturated rings. The topological polar surface area (TPSA) is 88.2 Å². The highest BCUT2D eigenvalue weighted by Crippen LogP contribution is 2.34. The summed E-state index contributed by atoms with van der Waals surface area (Å²) >= 11 is 0. The molecule has 0 aliphatic carbocycles. The van der Waals surface area contributed by atoms with E-state index in [9.17, 15) is 14.4 Å². The van der Waals surface area contributed by atoms with Gasteiger partial charge in [0.25, 0.3) is 5.91 Å². The summed E-state index contributed by atoms with van der Waals surface area (Å²) in [5.41, 5.74) is 2.95. The van der Waals surface area contributed by atoms with E-state index in [1.165, 1.54) is 9.80 Å². The maximum Gasteiger partial charge on any atom is 0.255 e. The number of fused-ring (bicyclic) bond motifs is 1. The predicted octanol–water partition coefficient (Wildman–Crippen LogP) is -0.665. The average molecular weight is 499 g/mol. The summed E-state index contributed by atoms with van der Waals surface area (Å²) in [6, 6.07) is 11.2. The summed E-state index contributed by atoms with van der Waals surface area (Å²) in [6.45, 7) is 0.710. The van der Waals surface area contributed by atoms with Crippen molar-refractivity contribution in [1.29, 1.82) is 0 Å². The number of nitrogens with zero attached hydrogens (tertiary/aromatic N) is 2. The normalized spacial score (nSPS) is 24.6. The zero-order valence-corrected chi connectivity index (χ0v) is 20.8. The van der Waals surface area contributed by atoms with Crippen LogP contribution in [0.25, 0.3) is 0 Å². The number of carbonyl (C=O) groups is 3. The van der Waals surface area contributed by atoms with Crippen LogP contribution in [0.4, 0.5) is 0 Å². The molecule has 182 valence electrons. The lowest BCUT2D eigenvalue weighted by molar-refractivity contribution is -0.136. The Bertz CT molecular complexity index is 1270. The van der Waals surface area contributed by atoms with Gasteiger partial charge < -0.3 is 19.3 Å². The largest absolute Gasteiger partial charge is 0.489 e. The van der Waals surface area contributed by atoms with Crippen LogP contribution in [-0.4, -0.2) is 96.1 Å². The first-order chi connectivity index (χ1) is 18.0. The van der Waals surface area contributed by atoms with Crippen molar-refractivity contribution in [3.63, 3.8) is 0 Å². The fourth-order valence-electron chi connectivity index (χ4n) is 5.01. The second kappa shape index (κ2) is 10.0. The van der Waals surface area contributed by atoms with E-state index in [2.05, 4.69) is 5.32 Å². The highest BCUT2D eigenvalue weighted by atomic mass is 16.5. The number of hydrogen-bond acceptors (Lipinski definition) is 6. The van der Waals surface area contributed by atoms with E-state index in [-0.39, 0.29) is 44.5 Å². The Morgan fingerprint density at radius 3 is 2.45 bits per heavy atom. The quantitative estimate of drug-likeness (QED) is 0.420. The standard InChI is InChI=1S/C25H22B5N3O5/c26-23-25(29,30)33(24(27,28)13-38-23)10-14-4-6-15(7-5-14)12-37-19-3-1-2-16-17(19)11-32(22(16)36)18-8-9-20(34)31-21(18)35/h1-7,18,23H,8-13H2,(H,31,34,35). The molecule has 8 nitrogen and oxygen atoms in total. The van der Waals surface area contributed by atoms with Crippen molar-refractivity contribution in [1.82, 2.24) is 15.1 Å². The molecule has 3 amide bonds. The van der Waals surface area contributed by atoms with Gasteiger partial charge in [0.2, 0.25) is 11.8 Å². The number of imide groups is 1. The molecule has 38 heavy (non-hydrogen) atoms. The van der Waals surface area contributed by atoms with Crippen molar-refractivity contribution in [3.05, 3.63) is 64.7 Å². The Hall–Kier alpha value is -2.91. The first kappa shape index (κ1) is 26.7. The van der Waals surface area contributed by atoms with E-state index < -0.39 is 28.6 Å². The van der Waals surface area contributed by atoms with Crippen molar-refractivity contribution in [2.75, 3.05) is 6.61 Å². The van der Waals surface area contributed by atoms with Gasteiger partial charge in [0.15, 0.2) is 0 Å². The number of nitrogens with one attached hydrogen (secondary N) is 1. The van der Waals surface area contributed by atoms with Gasteiger partial charge in [0, 0.05) is 36.7 Å². The first-order valence-electron chi connectivity index (χ1n) is 12.2. The summed E-state index contributed by atoms with van der Waals surface area (Å²) in [4.78, 5) is 39.9. The van der Waals surface area contributed by atoms with Crippen LogP contribution in [0.1, 0.15) is 39.9 Å². The van der Waals surface area contributed by atoms with Crippen molar-refractivity contribution in [2.24, 2.45) is 0 Å². The molecular weight excluding hydrogens is 476 g/mol. The van der Waals surface area contributed by atoms with E-state index >= 15 is 0 Å². The molecule has 2 aromatic rings. The molecule has 10 radical (unpaired) electrons. The number of benzene rings is 2. The third-order valence-electron chi connectivity index (χ3n) is 7.22. The van der Waals surface area contributed by atoms with Crippen LogP contribution in [0, 0.1) is 0 Å². The number of carbonyl (C=O) groups excluding carboxylic acids is 3. The van der Waals surface area contributed by atoms with Crippen LogP contribution in [0.15, 0.2) is 42.5 Å². The number of ether oxygens (including phenoxy) is 2. The van der Waals surface area contributed by atoms with Gasteiger partial charge in [-0.05, 0) is 40.4 Å². The summed E-state index contributed by atoms with van der Waals surface area (Å²) in [5.74, 6) is -0.468. The molecule has 2 atom stereocenters. The van der Waals surface area contributed by atoms with Gasteiger partial charge in [-0.3, -0.25) is 19.7 Å². The highest BCUT2D eigenvalue weighted by molar-refractivity contribution is 6.46. The van der Waals surface area contributed by atoms with Crippen molar-refractivity contribution < 1.29 is 23.9 Å². The molecule has 13 heteroatoms. The molecule has 2 unspecified atom stereocenters. The van der Waals surface area contributed by atoms with Gasteiger partial charge in [0.05, 0.1) is 37.9 Å². The molecule has 2 aromatic carbocycles. The van der Waals surface area contributed by atoms with E-state index in [0.29, 0.717) is 23.3 Å². The average Bonchev–Trinajstić information content (AvgIpc) is 3.21. The van der Waals surface area contributed by atoms with Crippen LogP contribution in [0.5, 0.6) is 5.75 Å². The number of morpholine rings is 1. The summed E-state index contributed by atoms with van der Waals surface area (Å²) in [6.07, 6.45) is 0.498. The van der Waals surface area contributed by atoms with Crippen LogP contribution < -0.4 is 10.1 Å². The fourth-order valence-corrected chi connectivity index (χ4v) is 5.01. The zero-order valence-electron chi connectivity index (χ0n) is 20.8. The lowest BCUT2D eigenvalue weighted by Crippen LogP contribution is -2.73. The minimum Gasteiger partial charge on any atom is -0.489 e. The molecule has 5 rings (SSSR count). The van der Waals surface area contributed by atoms with E-state index in [1.54, 1.807) is 18.2 Å². The maximum atomic E-state index is 13.0. The Balaban J connectivity index is 1.25. The molecule has 0 saturated carbocycles. The Labute approximate surface area is 228 Å².